The molecule has 13 heavy (non-hydrogen) atoms. The zero-order valence-corrected chi connectivity index (χ0v) is 8.43. The molecule has 1 rings (SSSR count). The number of rotatable bonds is 1. The Morgan fingerprint density at radius 2 is 2.15 bits per heavy atom. The molecule has 3 heteroatoms. The predicted octanol–water partition coefficient (Wildman–Crippen LogP) is 2.46. The van der Waals surface area contributed by atoms with E-state index in [2.05, 4.69) is 6.58 Å². The first-order chi connectivity index (χ1) is 5.84. The standard InChI is InChI=1S/C10H16FNO/c1-7-5-6-8(12(7)11)9(13)10(2,3)4/h8H,1,5-6H2,2-4H3/t8-/m0/s1. The number of carbonyl (C=O) groups is 1. The highest BCUT2D eigenvalue weighted by Gasteiger charge is 2.38. The van der Waals surface area contributed by atoms with Gasteiger partial charge in [-0.3, -0.25) is 4.79 Å². The van der Waals surface area contributed by atoms with Crippen LogP contribution in [0.2, 0.25) is 0 Å². The molecule has 0 aromatic heterocycles. The summed E-state index contributed by atoms with van der Waals surface area (Å²) >= 11 is 0. The van der Waals surface area contributed by atoms with E-state index in [0.717, 1.165) is 0 Å². The number of nitrogens with zero attached hydrogens (tertiary/aromatic N) is 1. The summed E-state index contributed by atoms with van der Waals surface area (Å²) in [6.07, 6.45) is 1.15. The summed E-state index contributed by atoms with van der Waals surface area (Å²) in [7, 11) is 0. The van der Waals surface area contributed by atoms with Crippen molar-refractivity contribution in [2.24, 2.45) is 5.41 Å². The molecule has 74 valence electrons. The van der Waals surface area contributed by atoms with Crippen molar-refractivity contribution in [1.82, 2.24) is 5.12 Å². The third-order valence-electron chi connectivity index (χ3n) is 2.32. The maximum absolute atomic E-state index is 13.3. The third kappa shape index (κ3) is 1.90. The number of carbonyl (C=O) groups excluding carboxylic acids is 1. The molecule has 0 N–H and O–H groups in total. The highest BCUT2D eigenvalue weighted by Crippen LogP contribution is 2.31. The van der Waals surface area contributed by atoms with E-state index in [1.807, 2.05) is 20.8 Å². The van der Waals surface area contributed by atoms with Gasteiger partial charge in [0.2, 0.25) is 0 Å². The molecule has 0 unspecified atom stereocenters. The molecule has 1 atom stereocenters. The average Bonchev–Trinajstić information content (AvgIpc) is 2.30. The van der Waals surface area contributed by atoms with Crippen LogP contribution in [0.15, 0.2) is 12.3 Å². The van der Waals surface area contributed by atoms with Gasteiger partial charge in [-0.2, -0.15) is 0 Å². The highest BCUT2D eigenvalue weighted by molar-refractivity contribution is 5.89. The smallest absolute Gasteiger partial charge is 0.163 e. The second-order valence-corrected chi connectivity index (χ2v) is 4.55. The Kier molecular flexibility index (Phi) is 2.46. The van der Waals surface area contributed by atoms with Crippen LogP contribution < -0.4 is 0 Å². The molecule has 0 aromatic carbocycles. The van der Waals surface area contributed by atoms with Gasteiger partial charge in [0.05, 0.1) is 0 Å². The largest absolute Gasteiger partial charge is 0.297 e. The zero-order valence-electron chi connectivity index (χ0n) is 8.43. The summed E-state index contributed by atoms with van der Waals surface area (Å²) in [4.78, 5) is 11.7. The number of Topliss-reactive ketones (excluding diaryl/α,β-unsaturated/α-hetero) is 1. The number of hydrogen-bond donors (Lipinski definition) is 0. The van der Waals surface area contributed by atoms with Crippen molar-refractivity contribution in [3.63, 3.8) is 0 Å². The van der Waals surface area contributed by atoms with Gasteiger partial charge in [-0.25, -0.2) is 5.12 Å². The van der Waals surface area contributed by atoms with E-state index in [-0.39, 0.29) is 5.78 Å². The van der Waals surface area contributed by atoms with E-state index in [1.54, 1.807) is 0 Å². The minimum Gasteiger partial charge on any atom is -0.297 e. The first-order valence-electron chi connectivity index (χ1n) is 4.51. The molecule has 1 heterocycles. The van der Waals surface area contributed by atoms with E-state index in [4.69, 9.17) is 0 Å². The van der Waals surface area contributed by atoms with Crippen molar-refractivity contribution in [1.29, 1.82) is 0 Å². The van der Waals surface area contributed by atoms with Crippen LogP contribution in [0.1, 0.15) is 33.6 Å². The van der Waals surface area contributed by atoms with Gasteiger partial charge in [-0.1, -0.05) is 31.8 Å². The van der Waals surface area contributed by atoms with E-state index < -0.39 is 11.5 Å². The Morgan fingerprint density at radius 1 is 1.62 bits per heavy atom. The van der Waals surface area contributed by atoms with Gasteiger partial charge >= 0.3 is 0 Å². The molecular formula is C10H16FNO. The molecule has 0 radical (unpaired) electrons. The van der Waals surface area contributed by atoms with Crippen LogP contribution in [0.25, 0.3) is 0 Å². The van der Waals surface area contributed by atoms with Crippen LogP contribution in [0.4, 0.5) is 4.48 Å². The normalized spacial score (nSPS) is 23.8. The molecule has 2 nitrogen and oxygen atoms in total. The molecule has 1 aliphatic rings. The van der Waals surface area contributed by atoms with Crippen molar-refractivity contribution in [2.75, 3.05) is 0 Å². The maximum atomic E-state index is 13.3. The molecule has 1 aliphatic heterocycles. The fraction of sp³-hybridized carbons (Fsp3) is 0.700. The molecule has 0 amide bonds. The van der Waals surface area contributed by atoms with Crippen LogP contribution in [0.5, 0.6) is 0 Å². The Morgan fingerprint density at radius 3 is 2.46 bits per heavy atom. The van der Waals surface area contributed by atoms with Crippen molar-refractivity contribution in [2.45, 2.75) is 39.7 Å². The van der Waals surface area contributed by atoms with Crippen LogP contribution in [0.3, 0.4) is 0 Å². The fourth-order valence-corrected chi connectivity index (χ4v) is 1.48. The fourth-order valence-electron chi connectivity index (χ4n) is 1.48. The molecule has 1 saturated heterocycles. The molecule has 0 aromatic rings. The molecule has 0 bridgehead atoms. The predicted molar refractivity (Wildman–Crippen MR) is 49.6 cm³/mol. The second-order valence-electron chi connectivity index (χ2n) is 4.55. The zero-order chi connectivity index (χ0) is 10.2. The Balaban J connectivity index is 2.75. The molecule has 0 saturated carbocycles. The Bertz CT molecular complexity index is 242. The van der Waals surface area contributed by atoms with Crippen molar-refractivity contribution < 1.29 is 9.28 Å². The van der Waals surface area contributed by atoms with Crippen molar-refractivity contribution in [3.8, 4) is 0 Å². The highest BCUT2D eigenvalue weighted by atomic mass is 19.2. The average molecular weight is 185 g/mol. The second kappa shape index (κ2) is 3.13. The summed E-state index contributed by atoms with van der Waals surface area (Å²) in [6, 6.07) is -0.604. The van der Waals surface area contributed by atoms with Gasteiger partial charge < -0.3 is 0 Å². The van der Waals surface area contributed by atoms with Crippen molar-refractivity contribution in [3.05, 3.63) is 12.3 Å². The third-order valence-corrected chi connectivity index (χ3v) is 2.32. The van der Waals surface area contributed by atoms with Crippen LogP contribution >= 0.6 is 0 Å². The number of hydrogen-bond acceptors (Lipinski definition) is 2. The molecular weight excluding hydrogens is 169 g/mol. The summed E-state index contributed by atoms with van der Waals surface area (Å²) in [6.45, 7) is 8.98. The van der Waals surface area contributed by atoms with E-state index >= 15 is 0 Å². The minimum absolute atomic E-state index is 0.0475. The van der Waals surface area contributed by atoms with Gasteiger partial charge in [0.1, 0.15) is 6.04 Å². The summed E-state index contributed by atoms with van der Waals surface area (Å²) in [5, 5.41) is 0.521. The van der Waals surface area contributed by atoms with Crippen LogP contribution in [-0.2, 0) is 4.79 Å². The first-order valence-corrected chi connectivity index (χ1v) is 4.51. The van der Waals surface area contributed by atoms with E-state index in [9.17, 15) is 9.28 Å². The molecule has 0 spiro atoms. The van der Waals surface area contributed by atoms with Gasteiger partial charge in [0.15, 0.2) is 5.78 Å². The lowest BCUT2D eigenvalue weighted by atomic mass is 9.86. The first kappa shape index (κ1) is 10.2. The molecule has 0 aliphatic carbocycles. The van der Waals surface area contributed by atoms with Crippen molar-refractivity contribution >= 4 is 5.78 Å². The minimum atomic E-state index is -0.604. The lowest BCUT2D eigenvalue weighted by Gasteiger charge is -2.24. The van der Waals surface area contributed by atoms with Gasteiger partial charge in [-0.15, -0.1) is 0 Å². The summed E-state index contributed by atoms with van der Waals surface area (Å²) in [5.41, 5.74) is -0.0535. The number of halogens is 1. The lowest BCUT2D eigenvalue weighted by molar-refractivity contribution is -0.135. The van der Waals surface area contributed by atoms with E-state index in [0.29, 0.717) is 23.7 Å². The monoisotopic (exact) mass is 185 g/mol. The Labute approximate surface area is 78.4 Å². The maximum Gasteiger partial charge on any atom is 0.163 e. The van der Waals surface area contributed by atoms with E-state index in [1.165, 1.54) is 0 Å². The topological polar surface area (TPSA) is 20.3 Å². The number of allylic oxidation sites excluding steroid dienone is 1. The summed E-state index contributed by atoms with van der Waals surface area (Å²) in [5.74, 6) is -0.0475. The van der Waals surface area contributed by atoms with Crippen LogP contribution in [0, 0.1) is 5.41 Å². The SMILES string of the molecule is C=C1CC[C@@H](C(=O)C(C)(C)C)N1F. The quantitative estimate of drug-likeness (QED) is 0.585. The van der Waals surface area contributed by atoms with Crippen LogP contribution in [-0.4, -0.2) is 16.9 Å². The molecule has 1 fully saturated rings. The van der Waals surface area contributed by atoms with Gasteiger partial charge in [-0.05, 0) is 12.8 Å². The summed E-state index contributed by atoms with van der Waals surface area (Å²) < 4.78 is 13.3. The number of ketones is 1. The lowest BCUT2D eigenvalue weighted by Crippen LogP contribution is -2.37. The van der Waals surface area contributed by atoms with Gasteiger partial charge in [0.25, 0.3) is 0 Å². The Hall–Kier alpha value is -0.860. The van der Waals surface area contributed by atoms with Gasteiger partial charge in [0, 0.05) is 11.1 Å².